The first kappa shape index (κ1) is 22.2. The van der Waals surface area contributed by atoms with Crippen LogP contribution in [0.15, 0.2) is 54.9 Å². The van der Waals surface area contributed by atoms with Gasteiger partial charge in [-0.3, -0.25) is 9.78 Å². The van der Waals surface area contributed by atoms with E-state index < -0.39 is 5.41 Å². The third kappa shape index (κ3) is 3.95. The van der Waals surface area contributed by atoms with Crippen LogP contribution in [0.1, 0.15) is 40.5 Å². The lowest BCUT2D eigenvalue weighted by atomic mass is 9.79. The van der Waals surface area contributed by atoms with E-state index in [-0.39, 0.29) is 12.5 Å². The van der Waals surface area contributed by atoms with Crippen LogP contribution in [0.4, 0.5) is 5.82 Å². The highest BCUT2D eigenvalue weighted by Crippen LogP contribution is 2.32. The standard InChI is InChI=1S/C27H25N7O2/c1-27(16-28)17-36-15-19-7-6-18(10-22(19)27)26(35)30-13-21-11-23-20(12-29-21)14-34(32-23)25-5-2-4-24(31-25)33-8-3-9-33/h2,4-7,10-12,14H,3,8-9,13,15,17H2,1H3,(H,30,35). The first-order valence-electron chi connectivity index (χ1n) is 12.0. The highest BCUT2D eigenvalue weighted by atomic mass is 16.5. The lowest BCUT2D eigenvalue weighted by Crippen LogP contribution is -2.37. The highest BCUT2D eigenvalue weighted by Gasteiger charge is 2.33. The molecule has 0 radical (unpaired) electrons. The van der Waals surface area contributed by atoms with Crippen molar-refractivity contribution >= 4 is 22.6 Å². The molecule has 4 aromatic rings. The van der Waals surface area contributed by atoms with E-state index in [1.807, 2.05) is 43.5 Å². The number of nitriles is 1. The van der Waals surface area contributed by atoms with E-state index in [9.17, 15) is 10.1 Å². The van der Waals surface area contributed by atoms with Crippen LogP contribution in [0, 0.1) is 11.3 Å². The van der Waals surface area contributed by atoms with Gasteiger partial charge in [0.15, 0.2) is 5.82 Å². The molecule has 1 N–H and O–H groups in total. The van der Waals surface area contributed by atoms with E-state index in [0.717, 1.165) is 46.8 Å². The molecule has 180 valence electrons. The van der Waals surface area contributed by atoms with Gasteiger partial charge in [0.25, 0.3) is 5.91 Å². The Kier molecular flexibility index (Phi) is 5.38. The molecule has 1 saturated heterocycles. The van der Waals surface area contributed by atoms with Gasteiger partial charge in [0.2, 0.25) is 0 Å². The Morgan fingerprint density at radius 3 is 2.89 bits per heavy atom. The average Bonchev–Trinajstić information content (AvgIpc) is 3.30. The van der Waals surface area contributed by atoms with E-state index in [1.54, 1.807) is 23.0 Å². The Morgan fingerprint density at radius 2 is 2.08 bits per heavy atom. The van der Waals surface area contributed by atoms with Gasteiger partial charge in [0.05, 0.1) is 37.0 Å². The smallest absolute Gasteiger partial charge is 0.251 e. The van der Waals surface area contributed by atoms with Gasteiger partial charge in [-0.15, -0.1) is 0 Å². The largest absolute Gasteiger partial charge is 0.375 e. The van der Waals surface area contributed by atoms with Crippen molar-refractivity contribution in [1.29, 1.82) is 5.26 Å². The van der Waals surface area contributed by atoms with Crippen LogP contribution in [0.2, 0.25) is 0 Å². The molecule has 1 atom stereocenters. The van der Waals surface area contributed by atoms with Crippen molar-refractivity contribution in [3.63, 3.8) is 0 Å². The lowest BCUT2D eigenvalue weighted by Gasteiger charge is -2.32. The van der Waals surface area contributed by atoms with Gasteiger partial charge in [0.1, 0.15) is 11.2 Å². The molecular formula is C27H25N7O2. The van der Waals surface area contributed by atoms with Crippen LogP contribution in [-0.4, -0.2) is 45.4 Å². The molecule has 36 heavy (non-hydrogen) atoms. The van der Waals surface area contributed by atoms with Crippen LogP contribution in [0.25, 0.3) is 16.7 Å². The number of carbonyl (C=O) groups is 1. The number of nitrogens with zero attached hydrogens (tertiary/aromatic N) is 6. The number of hydrogen-bond acceptors (Lipinski definition) is 7. The molecule has 9 nitrogen and oxygen atoms in total. The fourth-order valence-electron chi connectivity index (χ4n) is 4.60. The summed E-state index contributed by atoms with van der Waals surface area (Å²) in [6.45, 7) is 4.93. The van der Waals surface area contributed by atoms with Crippen LogP contribution in [0.3, 0.4) is 0 Å². The fraction of sp³-hybridized carbons (Fsp3) is 0.296. The van der Waals surface area contributed by atoms with E-state index in [1.165, 1.54) is 6.42 Å². The molecule has 2 aliphatic heterocycles. The highest BCUT2D eigenvalue weighted by molar-refractivity contribution is 5.94. The molecule has 5 heterocycles. The SMILES string of the molecule is CC1(C#N)COCc2ccc(C(=O)NCc3cc4nn(-c5cccc(N6CCC6)n5)cc4cn3)cc21. The van der Waals surface area contributed by atoms with E-state index in [2.05, 4.69) is 26.4 Å². The molecule has 0 aliphatic carbocycles. The van der Waals surface area contributed by atoms with Crippen LogP contribution < -0.4 is 10.2 Å². The van der Waals surface area contributed by atoms with E-state index >= 15 is 0 Å². The normalized spacial score (nSPS) is 18.8. The molecule has 2 aliphatic rings. The number of benzene rings is 1. The number of ether oxygens (including phenoxy) is 1. The number of pyridine rings is 2. The van der Waals surface area contributed by atoms with Crippen LogP contribution in [0.5, 0.6) is 0 Å². The molecule has 1 unspecified atom stereocenters. The number of fused-ring (bicyclic) bond motifs is 2. The van der Waals surface area contributed by atoms with Crippen molar-refractivity contribution in [2.24, 2.45) is 0 Å². The van der Waals surface area contributed by atoms with Crippen molar-refractivity contribution in [3.8, 4) is 11.9 Å². The second-order valence-electron chi connectivity index (χ2n) is 9.49. The topological polar surface area (TPSA) is 109 Å². The number of carbonyl (C=O) groups excluding carboxylic acids is 1. The summed E-state index contributed by atoms with van der Waals surface area (Å²) in [6.07, 6.45) is 4.87. The van der Waals surface area contributed by atoms with Crippen LogP contribution >= 0.6 is 0 Å². The Balaban J connectivity index is 1.18. The van der Waals surface area contributed by atoms with Gasteiger partial charge in [-0.05, 0) is 54.8 Å². The monoisotopic (exact) mass is 479 g/mol. The zero-order valence-electron chi connectivity index (χ0n) is 19.9. The first-order chi connectivity index (χ1) is 17.5. The van der Waals surface area contributed by atoms with Gasteiger partial charge in [-0.2, -0.15) is 10.4 Å². The average molecular weight is 480 g/mol. The number of rotatable bonds is 5. The minimum atomic E-state index is -0.765. The summed E-state index contributed by atoms with van der Waals surface area (Å²) in [5.41, 5.74) is 3.02. The summed E-state index contributed by atoms with van der Waals surface area (Å²) in [5.74, 6) is 1.50. The summed E-state index contributed by atoms with van der Waals surface area (Å²) < 4.78 is 7.32. The summed E-state index contributed by atoms with van der Waals surface area (Å²) in [5, 5.41) is 18.2. The minimum Gasteiger partial charge on any atom is -0.375 e. The molecule has 0 saturated carbocycles. The molecule has 1 amide bonds. The van der Waals surface area contributed by atoms with Crippen molar-refractivity contribution in [3.05, 3.63) is 77.2 Å². The Labute approximate surface area is 208 Å². The molecule has 9 heteroatoms. The van der Waals surface area contributed by atoms with Gasteiger partial charge in [-0.1, -0.05) is 12.1 Å². The predicted octanol–water partition coefficient (Wildman–Crippen LogP) is 3.27. The van der Waals surface area contributed by atoms with Gasteiger partial charge >= 0.3 is 0 Å². The van der Waals surface area contributed by atoms with E-state index in [4.69, 9.17) is 9.72 Å². The summed E-state index contributed by atoms with van der Waals surface area (Å²) in [4.78, 5) is 24.4. The Bertz CT molecular complexity index is 1520. The van der Waals surface area contributed by atoms with Gasteiger partial charge in [0, 0.05) is 36.4 Å². The van der Waals surface area contributed by atoms with Crippen LogP contribution in [-0.2, 0) is 23.3 Å². The van der Waals surface area contributed by atoms with Gasteiger partial charge in [-0.25, -0.2) is 9.67 Å². The maximum absolute atomic E-state index is 12.9. The molecule has 1 aromatic carbocycles. The zero-order valence-corrected chi connectivity index (χ0v) is 19.9. The fourth-order valence-corrected chi connectivity index (χ4v) is 4.60. The molecule has 3 aromatic heterocycles. The zero-order chi connectivity index (χ0) is 24.7. The van der Waals surface area contributed by atoms with E-state index in [0.29, 0.717) is 24.5 Å². The minimum absolute atomic E-state index is 0.219. The number of nitrogens with one attached hydrogen (secondary N) is 1. The Morgan fingerprint density at radius 1 is 1.22 bits per heavy atom. The quantitative estimate of drug-likeness (QED) is 0.468. The maximum Gasteiger partial charge on any atom is 0.251 e. The molecule has 0 spiro atoms. The second kappa shape index (κ2) is 8.73. The van der Waals surface area contributed by atoms with Crippen molar-refractivity contribution in [2.75, 3.05) is 24.6 Å². The lowest BCUT2D eigenvalue weighted by molar-refractivity contribution is 0.0757. The van der Waals surface area contributed by atoms with Crippen molar-refractivity contribution in [2.45, 2.75) is 31.9 Å². The second-order valence-corrected chi connectivity index (χ2v) is 9.49. The third-order valence-electron chi connectivity index (χ3n) is 6.87. The molecule has 0 bridgehead atoms. The summed E-state index contributed by atoms with van der Waals surface area (Å²) in [6, 6.07) is 15.6. The van der Waals surface area contributed by atoms with Crippen molar-refractivity contribution in [1.82, 2.24) is 25.1 Å². The number of hydrogen-bond donors (Lipinski definition) is 1. The predicted molar refractivity (Wildman–Crippen MR) is 134 cm³/mol. The third-order valence-corrected chi connectivity index (χ3v) is 6.87. The Hall–Kier alpha value is -4.29. The number of amides is 1. The molecule has 1 fully saturated rings. The molecule has 6 rings (SSSR count). The first-order valence-corrected chi connectivity index (χ1v) is 12.0. The van der Waals surface area contributed by atoms with Gasteiger partial charge < -0.3 is 15.0 Å². The maximum atomic E-state index is 12.9. The number of anilines is 1. The number of aromatic nitrogens is 4. The molecular weight excluding hydrogens is 454 g/mol. The summed E-state index contributed by atoms with van der Waals surface area (Å²) >= 11 is 0. The summed E-state index contributed by atoms with van der Waals surface area (Å²) in [7, 11) is 0. The van der Waals surface area contributed by atoms with Crippen molar-refractivity contribution < 1.29 is 9.53 Å².